The van der Waals surface area contributed by atoms with Crippen LogP contribution >= 0.6 is 11.6 Å². The molecule has 1 aliphatic carbocycles. The maximum atomic E-state index is 12.6. The molecule has 0 aliphatic heterocycles. The first-order valence-corrected chi connectivity index (χ1v) is 7.57. The smallest absolute Gasteiger partial charge is 0.294 e. The van der Waals surface area contributed by atoms with Gasteiger partial charge in [-0.05, 0) is 48.4 Å². The normalized spacial score (nSPS) is 23.6. The van der Waals surface area contributed by atoms with Gasteiger partial charge in [0.05, 0.1) is 5.56 Å². The molecule has 1 nitrogen and oxygen atoms in total. The summed E-state index contributed by atoms with van der Waals surface area (Å²) < 4.78 is 37.9. The van der Waals surface area contributed by atoms with E-state index in [1.165, 1.54) is 12.1 Å². The second kappa shape index (κ2) is 5.38. The predicted octanol–water partition coefficient (Wildman–Crippen LogP) is 5.52. The molecule has 0 spiro atoms. The van der Waals surface area contributed by atoms with E-state index in [1.54, 1.807) is 24.3 Å². The average Bonchev–Trinajstić information content (AvgIpc) is 3.20. The molecule has 120 valence electrons. The molecule has 1 fully saturated rings. The summed E-state index contributed by atoms with van der Waals surface area (Å²) in [6, 6.07) is 11.8. The van der Waals surface area contributed by atoms with Gasteiger partial charge in [0.2, 0.25) is 0 Å². The fraction of sp³-hybridized carbons (Fsp3) is 0.278. The van der Waals surface area contributed by atoms with Gasteiger partial charge in [-0.1, -0.05) is 30.7 Å². The number of halogens is 4. The summed E-state index contributed by atoms with van der Waals surface area (Å²) in [5.41, 5.74) is 0.264. The van der Waals surface area contributed by atoms with Crippen LogP contribution in [-0.2, 0) is 11.6 Å². The van der Waals surface area contributed by atoms with Gasteiger partial charge in [0.1, 0.15) is 0 Å². The summed E-state index contributed by atoms with van der Waals surface area (Å²) in [5.74, 6) is -0.204. The lowest BCUT2D eigenvalue weighted by atomic mass is 9.91. The van der Waals surface area contributed by atoms with Crippen LogP contribution in [0.25, 0.3) is 0 Å². The summed E-state index contributed by atoms with van der Waals surface area (Å²) in [4.78, 5) is 12.5. The third kappa shape index (κ3) is 3.00. The van der Waals surface area contributed by atoms with Crippen LogP contribution in [0.5, 0.6) is 0 Å². The van der Waals surface area contributed by atoms with Crippen molar-refractivity contribution in [1.29, 1.82) is 0 Å². The molecule has 0 bridgehead atoms. The Bertz CT molecular complexity index is 734. The standard InChI is InChI=1S/C18H14ClF3O/c1-17(12-4-6-13(7-5-12)18(20,21)22)10-15(17)16(23)11-2-8-14(19)9-3-11/h2-9,15H,10H2,1H3/t15-,17-/m1/s1. The second-order valence-corrected chi connectivity index (χ2v) is 6.56. The molecule has 5 heteroatoms. The summed E-state index contributed by atoms with van der Waals surface area (Å²) in [5, 5.41) is 0.558. The van der Waals surface area contributed by atoms with Gasteiger partial charge < -0.3 is 0 Å². The van der Waals surface area contributed by atoms with E-state index in [2.05, 4.69) is 0 Å². The quantitative estimate of drug-likeness (QED) is 0.673. The molecule has 0 heterocycles. The van der Waals surface area contributed by atoms with Crippen LogP contribution in [0.2, 0.25) is 5.02 Å². The Hall–Kier alpha value is -1.81. The SMILES string of the molecule is C[C@]1(c2ccc(C(F)(F)F)cc2)C[C@@H]1C(=O)c1ccc(Cl)cc1. The first-order chi connectivity index (χ1) is 10.7. The van der Waals surface area contributed by atoms with Gasteiger partial charge >= 0.3 is 6.18 Å². The molecular weight excluding hydrogens is 325 g/mol. The number of benzene rings is 2. The fourth-order valence-electron chi connectivity index (χ4n) is 2.92. The van der Waals surface area contributed by atoms with E-state index in [9.17, 15) is 18.0 Å². The van der Waals surface area contributed by atoms with Crippen LogP contribution in [0.1, 0.15) is 34.8 Å². The highest BCUT2D eigenvalue weighted by molar-refractivity contribution is 6.30. The largest absolute Gasteiger partial charge is 0.416 e. The first-order valence-electron chi connectivity index (χ1n) is 7.19. The third-order valence-corrected chi connectivity index (χ3v) is 4.81. The zero-order chi connectivity index (χ0) is 16.8. The van der Waals surface area contributed by atoms with E-state index >= 15 is 0 Å². The van der Waals surface area contributed by atoms with Crippen molar-refractivity contribution in [2.75, 3.05) is 0 Å². The molecule has 2 atom stereocenters. The maximum absolute atomic E-state index is 12.6. The van der Waals surface area contributed by atoms with E-state index < -0.39 is 17.2 Å². The van der Waals surface area contributed by atoms with E-state index in [0.29, 0.717) is 17.0 Å². The molecule has 0 radical (unpaired) electrons. The molecule has 0 aromatic heterocycles. The highest BCUT2D eigenvalue weighted by atomic mass is 35.5. The Morgan fingerprint density at radius 2 is 1.65 bits per heavy atom. The molecule has 2 aromatic carbocycles. The van der Waals surface area contributed by atoms with Crippen molar-refractivity contribution < 1.29 is 18.0 Å². The minimum absolute atomic E-state index is 0.00376. The summed E-state index contributed by atoms with van der Waals surface area (Å²) in [7, 11) is 0. The Morgan fingerprint density at radius 1 is 1.09 bits per heavy atom. The molecule has 23 heavy (non-hydrogen) atoms. The van der Waals surface area contributed by atoms with Crippen molar-refractivity contribution in [2.45, 2.75) is 24.9 Å². The monoisotopic (exact) mass is 338 g/mol. The lowest BCUT2D eigenvalue weighted by Crippen LogP contribution is -2.13. The molecule has 0 unspecified atom stereocenters. The van der Waals surface area contributed by atoms with Gasteiger partial charge in [-0.3, -0.25) is 4.79 Å². The summed E-state index contributed by atoms with van der Waals surface area (Å²) in [6.07, 6.45) is -3.71. The van der Waals surface area contributed by atoms with E-state index in [1.807, 2.05) is 6.92 Å². The van der Waals surface area contributed by atoms with Crippen molar-refractivity contribution in [1.82, 2.24) is 0 Å². The first kappa shape index (κ1) is 16.1. The Kier molecular flexibility index (Phi) is 3.75. The van der Waals surface area contributed by atoms with Crippen LogP contribution < -0.4 is 0 Å². The number of alkyl halides is 3. The predicted molar refractivity (Wildman–Crippen MR) is 82.7 cm³/mol. The molecule has 2 aromatic rings. The minimum Gasteiger partial charge on any atom is -0.294 e. The van der Waals surface area contributed by atoms with Gasteiger partial charge in [0.25, 0.3) is 0 Å². The highest BCUT2D eigenvalue weighted by Crippen LogP contribution is 2.55. The van der Waals surface area contributed by atoms with Crippen molar-refractivity contribution in [3.05, 3.63) is 70.2 Å². The minimum atomic E-state index is -4.35. The molecule has 3 rings (SSSR count). The van der Waals surface area contributed by atoms with Crippen molar-refractivity contribution in [3.8, 4) is 0 Å². The summed E-state index contributed by atoms with van der Waals surface area (Å²) in [6.45, 7) is 1.91. The number of hydrogen-bond donors (Lipinski definition) is 0. The maximum Gasteiger partial charge on any atom is 0.416 e. The molecule has 1 aliphatic rings. The Morgan fingerprint density at radius 3 is 2.17 bits per heavy atom. The van der Waals surface area contributed by atoms with Crippen LogP contribution in [-0.4, -0.2) is 5.78 Å². The zero-order valence-electron chi connectivity index (χ0n) is 12.3. The van der Waals surface area contributed by atoms with Gasteiger partial charge in [-0.2, -0.15) is 13.2 Å². The van der Waals surface area contributed by atoms with E-state index in [4.69, 9.17) is 11.6 Å². The molecule has 0 N–H and O–H groups in total. The van der Waals surface area contributed by atoms with Crippen LogP contribution in [0.15, 0.2) is 48.5 Å². The topological polar surface area (TPSA) is 17.1 Å². The number of Topliss-reactive ketones (excluding diaryl/α,β-unsaturated/α-hetero) is 1. The van der Waals surface area contributed by atoms with Gasteiger partial charge in [-0.25, -0.2) is 0 Å². The molecule has 0 amide bonds. The lowest BCUT2D eigenvalue weighted by Gasteiger charge is -2.13. The van der Waals surface area contributed by atoms with Crippen molar-refractivity contribution in [2.24, 2.45) is 5.92 Å². The number of carbonyl (C=O) groups excluding carboxylic acids is 1. The zero-order valence-corrected chi connectivity index (χ0v) is 13.1. The molecule has 1 saturated carbocycles. The lowest BCUT2D eigenvalue weighted by molar-refractivity contribution is -0.137. The Labute approximate surface area is 137 Å². The Balaban J connectivity index is 1.80. The fourth-order valence-corrected chi connectivity index (χ4v) is 3.05. The van der Waals surface area contributed by atoms with Crippen LogP contribution in [0, 0.1) is 5.92 Å². The number of carbonyl (C=O) groups is 1. The summed E-state index contributed by atoms with van der Waals surface area (Å²) >= 11 is 5.81. The number of ketones is 1. The molecule has 0 saturated heterocycles. The van der Waals surface area contributed by atoms with Gasteiger partial charge in [-0.15, -0.1) is 0 Å². The van der Waals surface area contributed by atoms with E-state index in [0.717, 1.165) is 17.7 Å². The average molecular weight is 339 g/mol. The second-order valence-electron chi connectivity index (χ2n) is 6.12. The van der Waals surface area contributed by atoms with Crippen molar-refractivity contribution in [3.63, 3.8) is 0 Å². The van der Waals surface area contributed by atoms with E-state index in [-0.39, 0.29) is 11.7 Å². The van der Waals surface area contributed by atoms with Crippen molar-refractivity contribution >= 4 is 17.4 Å². The van der Waals surface area contributed by atoms with Gasteiger partial charge in [0, 0.05) is 21.9 Å². The molecular formula is C18H14ClF3O. The number of rotatable bonds is 3. The van der Waals surface area contributed by atoms with Crippen LogP contribution in [0.4, 0.5) is 13.2 Å². The van der Waals surface area contributed by atoms with Crippen LogP contribution in [0.3, 0.4) is 0 Å². The number of hydrogen-bond acceptors (Lipinski definition) is 1. The third-order valence-electron chi connectivity index (χ3n) is 4.55. The van der Waals surface area contributed by atoms with Gasteiger partial charge in [0.15, 0.2) is 5.78 Å². The highest BCUT2D eigenvalue weighted by Gasteiger charge is 2.55.